The highest BCUT2D eigenvalue weighted by Gasteiger charge is 2.42. The van der Waals surface area contributed by atoms with E-state index in [0.29, 0.717) is 4.88 Å². The minimum atomic E-state index is -1.42. The van der Waals surface area contributed by atoms with Crippen molar-refractivity contribution in [1.82, 2.24) is 10.1 Å². The molecule has 0 saturated carbocycles. The van der Waals surface area contributed by atoms with Crippen LogP contribution in [0.15, 0.2) is 63.7 Å². The monoisotopic (exact) mass is 317 g/mol. The van der Waals surface area contributed by atoms with E-state index in [2.05, 4.69) is 10.1 Å². The van der Waals surface area contributed by atoms with Crippen LogP contribution in [0.4, 0.5) is 0 Å². The molecule has 3 rings (SSSR count). The van der Waals surface area contributed by atoms with Crippen molar-refractivity contribution in [2.45, 2.75) is 9.77 Å². The first-order valence-corrected chi connectivity index (χ1v) is 7.78. The number of benzene rings is 1. The van der Waals surface area contributed by atoms with Crippen LogP contribution in [0.1, 0.15) is 15.5 Å². The van der Waals surface area contributed by atoms with E-state index in [1.807, 2.05) is 41.8 Å². The molecule has 3 aromatic rings. The van der Waals surface area contributed by atoms with Gasteiger partial charge in [0, 0.05) is 4.90 Å². The van der Waals surface area contributed by atoms with E-state index in [4.69, 9.17) is 10.3 Å². The van der Waals surface area contributed by atoms with E-state index < -0.39 is 4.87 Å². The molecule has 0 bridgehead atoms. The zero-order chi connectivity index (χ0) is 14.7. The van der Waals surface area contributed by atoms with Crippen molar-refractivity contribution >= 4 is 28.9 Å². The molecule has 0 spiro atoms. The van der Waals surface area contributed by atoms with E-state index >= 15 is 0 Å². The average molecular weight is 317 g/mol. The third-order valence-corrected chi connectivity index (χ3v) is 4.86. The normalized spacial score (nSPS) is 13.8. The van der Waals surface area contributed by atoms with Crippen molar-refractivity contribution in [2.24, 2.45) is 5.73 Å². The lowest BCUT2D eigenvalue weighted by molar-refractivity contribution is 0.0942. The summed E-state index contributed by atoms with van der Waals surface area (Å²) < 4.78 is 4.76. The lowest BCUT2D eigenvalue weighted by Gasteiger charge is -2.23. The molecule has 5 nitrogen and oxygen atoms in total. The number of aromatic nitrogens is 2. The topological polar surface area (TPSA) is 82.0 Å². The van der Waals surface area contributed by atoms with Gasteiger partial charge in [-0.2, -0.15) is 4.98 Å². The summed E-state index contributed by atoms with van der Waals surface area (Å²) in [5.74, 6) is -0.0810. The lowest BCUT2D eigenvalue weighted by atomic mass is 10.1. The predicted octanol–water partition coefficient (Wildman–Crippen LogP) is 2.92. The third-order valence-electron chi connectivity index (χ3n) is 2.80. The van der Waals surface area contributed by atoms with Crippen molar-refractivity contribution in [3.8, 4) is 0 Å². The van der Waals surface area contributed by atoms with Crippen LogP contribution in [-0.4, -0.2) is 15.9 Å². The number of carbonyl (C=O) groups is 1. The molecule has 1 aromatic carbocycles. The summed E-state index contributed by atoms with van der Waals surface area (Å²) in [6, 6.07) is 13.0. The molecule has 2 heterocycles. The van der Waals surface area contributed by atoms with Gasteiger partial charge in [-0.15, -0.1) is 11.3 Å². The highest BCUT2D eigenvalue weighted by atomic mass is 32.2. The summed E-state index contributed by atoms with van der Waals surface area (Å²) in [6.07, 6.45) is 1.17. The molecule has 7 heteroatoms. The first kappa shape index (κ1) is 14.0. The Kier molecular flexibility index (Phi) is 3.87. The van der Waals surface area contributed by atoms with Crippen molar-refractivity contribution < 1.29 is 9.32 Å². The lowest BCUT2D eigenvalue weighted by Crippen LogP contribution is -2.42. The number of Topliss-reactive ketones (excluding diaryl/α,β-unsaturated/α-hetero) is 1. The molecule has 0 aliphatic rings. The van der Waals surface area contributed by atoms with Crippen LogP contribution < -0.4 is 5.73 Å². The van der Waals surface area contributed by atoms with Gasteiger partial charge >= 0.3 is 0 Å². The smallest absolute Gasteiger partial charge is 0.213 e. The van der Waals surface area contributed by atoms with E-state index in [-0.39, 0.29) is 11.6 Å². The van der Waals surface area contributed by atoms with Crippen LogP contribution in [-0.2, 0) is 4.87 Å². The molecule has 0 fully saturated rings. The Morgan fingerprint density at radius 3 is 2.67 bits per heavy atom. The summed E-state index contributed by atoms with van der Waals surface area (Å²) in [7, 11) is 0. The average Bonchev–Trinajstić information content (AvgIpc) is 3.20. The minimum absolute atomic E-state index is 0.162. The Morgan fingerprint density at radius 2 is 2.05 bits per heavy atom. The molecule has 2 N–H and O–H groups in total. The number of hydrogen-bond donors (Lipinski definition) is 1. The van der Waals surface area contributed by atoms with E-state index in [1.165, 1.54) is 29.5 Å². The van der Waals surface area contributed by atoms with Crippen LogP contribution in [0, 0.1) is 0 Å². The van der Waals surface area contributed by atoms with Gasteiger partial charge in [0.25, 0.3) is 0 Å². The van der Waals surface area contributed by atoms with Gasteiger partial charge in [-0.25, -0.2) is 0 Å². The van der Waals surface area contributed by atoms with Crippen molar-refractivity contribution in [2.75, 3.05) is 0 Å². The molecule has 2 aromatic heterocycles. The molecule has 0 saturated heterocycles. The fraction of sp³-hybridized carbons (Fsp3) is 0.0714. The zero-order valence-electron chi connectivity index (χ0n) is 10.8. The van der Waals surface area contributed by atoms with E-state index in [0.717, 1.165) is 4.90 Å². The molecular weight excluding hydrogens is 306 g/mol. The standard InChI is InChI=1S/C14H11N3O2S2/c15-14(13-16-9-19-17-13,12(18)11-7-4-8-20-11)21-10-5-2-1-3-6-10/h1-9H,15H2. The van der Waals surface area contributed by atoms with Gasteiger partial charge in [0.1, 0.15) is 0 Å². The zero-order valence-corrected chi connectivity index (χ0v) is 12.4. The molecule has 0 amide bonds. The number of carbonyl (C=O) groups excluding carboxylic acids is 1. The summed E-state index contributed by atoms with van der Waals surface area (Å²) in [5, 5.41) is 5.60. The first-order valence-electron chi connectivity index (χ1n) is 6.08. The van der Waals surface area contributed by atoms with Crippen LogP contribution in [0.2, 0.25) is 0 Å². The molecule has 106 valence electrons. The third kappa shape index (κ3) is 2.76. The summed E-state index contributed by atoms with van der Waals surface area (Å²) in [4.78, 5) is 16.7. The van der Waals surface area contributed by atoms with Gasteiger partial charge in [-0.1, -0.05) is 41.2 Å². The maximum Gasteiger partial charge on any atom is 0.213 e. The number of nitrogens with zero attached hydrogens (tertiary/aromatic N) is 2. The van der Waals surface area contributed by atoms with Gasteiger partial charge in [0.05, 0.1) is 4.88 Å². The highest BCUT2D eigenvalue weighted by molar-refractivity contribution is 8.01. The van der Waals surface area contributed by atoms with Crippen LogP contribution in [0.3, 0.4) is 0 Å². The number of thiophene rings is 1. The number of rotatable bonds is 5. The molecule has 1 atom stereocenters. The number of thioether (sulfide) groups is 1. The second-order valence-corrected chi connectivity index (χ2v) is 6.48. The maximum atomic E-state index is 12.8. The SMILES string of the molecule is NC(Sc1ccccc1)(C(=O)c1cccs1)c1ncon1. The predicted molar refractivity (Wildman–Crippen MR) is 81.1 cm³/mol. The highest BCUT2D eigenvalue weighted by Crippen LogP contribution is 2.38. The molecular formula is C14H11N3O2S2. The summed E-state index contributed by atoms with van der Waals surface area (Å²) in [5.41, 5.74) is 6.37. The summed E-state index contributed by atoms with van der Waals surface area (Å²) in [6.45, 7) is 0. The number of ketones is 1. The Labute approximate surface area is 129 Å². The van der Waals surface area contributed by atoms with Gasteiger partial charge in [0.2, 0.25) is 18.0 Å². The van der Waals surface area contributed by atoms with Crippen LogP contribution >= 0.6 is 23.1 Å². The Morgan fingerprint density at radius 1 is 1.24 bits per heavy atom. The first-order chi connectivity index (χ1) is 10.2. The van der Waals surface area contributed by atoms with Crippen molar-refractivity contribution in [3.63, 3.8) is 0 Å². The Hall–Kier alpha value is -1.96. The van der Waals surface area contributed by atoms with Crippen LogP contribution in [0.5, 0.6) is 0 Å². The fourth-order valence-corrected chi connectivity index (χ4v) is 3.64. The molecule has 1 unspecified atom stereocenters. The molecule has 0 aliphatic heterocycles. The second-order valence-electron chi connectivity index (χ2n) is 4.21. The van der Waals surface area contributed by atoms with Gasteiger partial charge in [0.15, 0.2) is 4.87 Å². The van der Waals surface area contributed by atoms with E-state index in [1.54, 1.807) is 6.07 Å². The van der Waals surface area contributed by atoms with Crippen molar-refractivity contribution in [3.05, 3.63) is 64.9 Å². The molecule has 0 aliphatic carbocycles. The largest absolute Gasteiger partial charge is 0.343 e. The minimum Gasteiger partial charge on any atom is -0.343 e. The van der Waals surface area contributed by atoms with Crippen molar-refractivity contribution in [1.29, 1.82) is 0 Å². The number of nitrogens with two attached hydrogens (primary N) is 1. The molecule has 21 heavy (non-hydrogen) atoms. The Balaban J connectivity index is 2.01. The quantitative estimate of drug-likeness (QED) is 0.442. The van der Waals surface area contributed by atoms with Gasteiger partial charge in [-0.3, -0.25) is 4.79 Å². The van der Waals surface area contributed by atoms with Crippen LogP contribution in [0.25, 0.3) is 0 Å². The fourth-order valence-electron chi connectivity index (χ4n) is 1.79. The maximum absolute atomic E-state index is 12.8. The Bertz CT molecular complexity index is 714. The number of hydrogen-bond acceptors (Lipinski definition) is 7. The molecule has 0 radical (unpaired) electrons. The van der Waals surface area contributed by atoms with E-state index in [9.17, 15) is 4.79 Å². The van der Waals surface area contributed by atoms with Gasteiger partial charge in [-0.05, 0) is 23.6 Å². The van der Waals surface area contributed by atoms with Gasteiger partial charge < -0.3 is 10.3 Å². The summed E-state index contributed by atoms with van der Waals surface area (Å²) >= 11 is 2.54. The second kappa shape index (κ2) is 5.80.